The average Bonchev–Trinajstić information content (AvgIpc) is 2.92. The average molecular weight is 546 g/mol. The Morgan fingerprint density at radius 2 is 1.93 bits per heavy atom. The Morgan fingerprint density at radius 3 is 2.67 bits per heavy atom. The predicted octanol–water partition coefficient (Wildman–Crippen LogP) is 6.63. The summed E-state index contributed by atoms with van der Waals surface area (Å²) in [6.07, 6.45) is 3.64. The summed E-state index contributed by atoms with van der Waals surface area (Å²) < 4.78 is 18.1. The smallest absolute Gasteiger partial charge is 0.234 e. The lowest BCUT2D eigenvalue weighted by atomic mass is 9.88. The Hall–Kier alpha value is -3.58. The summed E-state index contributed by atoms with van der Waals surface area (Å²) in [5.41, 5.74) is 4.25. The topological polar surface area (TPSA) is 72.9 Å². The van der Waals surface area contributed by atoms with E-state index in [4.69, 9.17) is 14.2 Å². The molecule has 1 aromatic heterocycles. The summed E-state index contributed by atoms with van der Waals surface area (Å²) in [5, 5.41) is 3.15. The van der Waals surface area contributed by atoms with E-state index in [1.165, 1.54) is 0 Å². The Kier molecular flexibility index (Phi) is 9.69. The minimum atomic E-state index is -0.0276. The summed E-state index contributed by atoms with van der Waals surface area (Å²) in [7, 11) is 1.70. The highest BCUT2D eigenvalue weighted by Crippen LogP contribution is 2.35. The van der Waals surface area contributed by atoms with Crippen LogP contribution in [0.2, 0.25) is 0 Å². The van der Waals surface area contributed by atoms with Gasteiger partial charge in [-0.25, -0.2) is 4.98 Å². The quantitative estimate of drug-likeness (QED) is 0.375. The number of benzene rings is 2. The number of amides is 1. The Balaban J connectivity index is 1.51. The van der Waals surface area contributed by atoms with E-state index < -0.39 is 0 Å². The van der Waals surface area contributed by atoms with Crippen LogP contribution in [-0.2, 0) is 17.9 Å². The summed E-state index contributed by atoms with van der Waals surface area (Å²) in [4.78, 5) is 19.9. The van der Waals surface area contributed by atoms with E-state index in [2.05, 4.69) is 62.0 Å². The van der Waals surface area contributed by atoms with Crippen LogP contribution in [0.3, 0.4) is 0 Å². The van der Waals surface area contributed by atoms with E-state index in [1.807, 2.05) is 36.4 Å². The number of carbonyl (C=O) groups excluding carboxylic acids is 1. The van der Waals surface area contributed by atoms with Gasteiger partial charge in [-0.3, -0.25) is 9.69 Å². The molecule has 0 fully saturated rings. The largest absolute Gasteiger partial charge is 0.496 e. The number of hydrogen-bond donors (Lipinski definition) is 1. The normalized spacial score (nSPS) is 15.8. The molecule has 0 radical (unpaired) electrons. The maximum Gasteiger partial charge on any atom is 0.234 e. The molecule has 2 aromatic carbocycles. The van der Waals surface area contributed by atoms with Crippen LogP contribution in [0.15, 0.2) is 54.7 Å². The first-order chi connectivity index (χ1) is 19.1. The molecular formula is C33H43N3O4. The van der Waals surface area contributed by atoms with Crippen LogP contribution in [0.25, 0.3) is 0 Å². The number of aromatic nitrogens is 1. The van der Waals surface area contributed by atoms with Crippen molar-refractivity contribution < 1.29 is 19.0 Å². The monoisotopic (exact) mass is 545 g/mol. The molecule has 0 aliphatic carbocycles. The third-order valence-electron chi connectivity index (χ3n) is 7.40. The minimum absolute atomic E-state index is 0.00932. The van der Waals surface area contributed by atoms with E-state index in [0.717, 1.165) is 47.4 Å². The second-order valence-electron chi connectivity index (χ2n) is 11.7. The molecule has 4 rings (SSSR count). The summed E-state index contributed by atoms with van der Waals surface area (Å²) >= 11 is 0. The van der Waals surface area contributed by atoms with Gasteiger partial charge in [-0.15, -0.1) is 0 Å². The molecule has 0 spiro atoms. The first-order valence-corrected chi connectivity index (χ1v) is 14.2. The highest BCUT2D eigenvalue weighted by Gasteiger charge is 2.23. The summed E-state index contributed by atoms with van der Waals surface area (Å²) in [6.45, 7) is 13.4. The molecule has 0 saturated carbocycles. The van der Waals surface area contributed by atoms with Crippen LogP contribution in [0.1, 0.15) is 68.7 Å². The van der Waals surface area contributed by atoms with Crippen molar-refractivity contribution in [2.24, 2.45) is 5.41 Å². The molecule has 1 N–H and O–H groups in total. The van der Waals surface area contributed by atoms with Crippen molar-refractivity contribution in [2.45, 2.75) is 66.5 Å². The van der Waals surface area contributed by atoms with Gasteiger partial charge in [0.1, 0.15) is 5.75 Å². The van der Waals surface area contributed by atoms with Crippen LogP contribution in [0.5, 0.6) is 23.1 Å². The summed E-state index contributed by atoms with van der Waals surface area (Å²) in [6, 6.07) is 15.8. The van der Waals surface area contributed by atoms with Crippen molar-refractivity contribution in [3.8, 4) is 23.1 Å². The van der Waals surface area contributed by atoms with Gasteiger partial charge >= 0.3 is 0 Å². The zero-order chi connectivity index (χ0) is 28.7. The number of nitrogens with zero attached hydrogens (tertiary/aromatic N) is 2. The van der Waals surface area contributed by atoms with Gasteiger partial charge in [-0.1, -0.05) is 45.9 Å². The number of nitrogens with one attached hydrogen (secondary N) is 1. The molecule has 1 amide bonds. The van der Waals surface area contributed by atoms with Crippen LogP contribution in [-0.4, -0.2) is 42.6 Å². The SMILES string of the molecule is COc1cc(C)c(CNC(=O)CN2CCCC(C)(C)COc3ccccc3Oc3ncccc3C2)cc1C(C)C. The number of methoxy groups -OCH3 is 1. The molecule has 1 aliphatic heterocycles. The van der Waals surface area contributed by atoms with Crippen LogP contribution in [0, 0.1) is 12.3 Å². The fraction of sp³-hybridized carbons (Fsp3) is 0.455. The highest BCUT2D eigenvalue weighted by atomic mass is 16.5. The third kappa shape index (κ3) is 7.75. The van der Waals surface area contributed by atoms with E-state index in [-0.39, 0.29) is 17.9 Å². The first kappa shape index (κ1) is 29.4. The molecule has 0 unspecified atom stereocenters. The van der Waals surface area contributed by atoms with E-state index in [1.54, 1.807) is 13.3 Å². The molecule has 0 bridgehead atoms. The van der Waals surface area contributed by atoms with Gasteiger partial charge in [0.25, 0.3) is 0 Å². The van der Waals surface area contributed by atoms with Gasteiger partial charge in [0, 0.05) is 24.8 Å². The van der Waals surface area contributed by atoms with Crippen molar-refractivity contribution >= 4 is 5.91 Å². The fourth-order valence-corrected chi connectivity index (χ4v) is 4.99. The molecule has 7 nitrogen and oxygen atoms in total. The Labute approximate surface area is 238 Å². The highest BCUT2D eigenvalue weighted by molar-refractivity contribution is 5.78. The fourth-order valence-electron chi connectivity index (χ4n) is 4.99. The number of aryl methyl sites for hydroxylation is 1. The van der Waals surface area contributed by atoms with Crippen LogP contribution >= 0.6 is 0 Å². The second kappa shape index (κ2) is 13.2. The van der Waals surface area contributed by atoms with E-state index >= 15 is 0 Å². The van der Waals surface area contributed by atoms with E-state index in [0.29, 0.717) is 43.0 Å². The molecule has 214 valence electrons. The molecule has 3 aromatic rings. The van der Waals surface area contributed by atoms with E-state index in [9.17, 15) is 4.79 Å². The number of hydrogen-bond acceptors (Lipinski definition) is 6. The molecule has 7 heteroatoms. The van der Waals surface area contributed by atoms with Crippen molar-refractivity contribution in [1.82, 2.24) is 15.2 Å². The molecule has 1 aliphatic rings. The zero-order valence-electron chi connectivity index (χ0n) is 24.8. The number of carbonyl (C=O) groups is 1. The summed E-state index contributed by atoms with van der Waals surface area (Å²) in [5.74, 6) is 3.08. The first-order valence-electron chi connectivity index (χ1n) is 14.2. The van der Waals surface area contributed by atoms with Crippen LogP contribution < -0.4 is 19.5 Å². The van der Waals surface area contributed by atoms with Crippen molar-refractivity contribution in [3.63, 3.8) is 0 Å². The lowest BCUT2D eigenvalue weighted by Crippen LogP contribution is -2.37. The number of ether oxygens (including phenoxy) is 3. The third-order valence-corrected chi connectivity index (χ3v) is 7.40. The van der Waals surface area contributed by atoms with Gasteiger partial charge < -0.3 is 19.5 Å². The maximum atomic E-state index is 13.2. The lowest BCUT2D eigenvalue weighted by molar-refractivity contribution is -0.122. The van der Waals surface area contributed by atoms with Gasteiger partial charge in [-0.2, -0.15) is 0 Å². The van der Waals surface area contributed by atoms with Gasteiger partial charge in [0.05, 0.1) is 20.3 Å². The van der Waals surface area contributed by atoms with Gasteiger partial charge in [0.2, 0.25) is 11.8 Å². The lowest BCUT2D eigenvalue weighted by Gasteiger charge is -2.27. The minimum Gasteiger partial charge on any atom is -0.496 e. The number of pyridine rings is 1. The van der Waals surface area contributed by atoms with Crippen molar-refractivity contribution in [2.75, 3.05) is 26.8 Å². The Bertz CT molecular complexity index is 1300. The second-order valence-corrected chi connectivity index (χ2v) is 11.7. The molecule has 0 atom stereocenters. The maximum absolute atomic E-state index is 13.2. The van der Waals surface area contributed by atoms with Gasteiger partial charge in [-0.05, 0) is 84.7 Å². The predicted molar refractivity (Wildman–Crippen MR) is 158 cm³/mol. The molecule has 2 heterocycles. The number of para-hydroxylation sites is 2. The van der Waals surface area contributed by atoms with Crippen LogP contribution in [0.4, 0.5) is 0 Å². The van der Waals surface area contributed by atoms with Crippen molar-refractivity contribution in [1.29, 1.82) is 0 Å². The Morgan fingerprint density at radius 1 is 1.15 bits per heavy atom. The standard InChI is InChI=1S/C33H43N3O4/c1-23(2)27-18-26(24(3)17-30(27)38-6)19-35-31(37)21-36-16-10-14-33(4,5)22-39-28-12-7-8-13-29(28)40-32-25(20-36)11-9-15-34-32/h7-9,11-13,15,17-18,23H,10,14,16,19-22H2,1-6H3,(H,35,37). The number of fused-ring (bicyclic) bond motifs is 2. The number of rotatable bonds is 6. The van der Waals surface area contributed by atoms with Crippen molar-refractivity contribution in [3.05, 3.63) is 77.0 Å². The molecule has 0 saturated heterocycles. The zero-order valence-corrected chi connectivity index (χ0v) is 24.8. The molecule has 40 heavy (non-hydrogen) atoms. The molecular weight excluding hydrogens is 502 g/mol. The van der Waals surface area contributed by atoms with Gasteiger partial charge in [0.15, 0.2) is 11.5 Å².